The Morgan fingerprint density at radius 2 is 2.09 bits per heavy atom. The van der Waals surface area contributed by atoms with Gasteiger partial charge in [0.2, 0.25) is 5.43 Å². The van der Waals surface area contributed by atoms with Crippen LogP contribution in [0.4, 0.5) is 5.69 Å². The van der Waals surface area contributed by atoms with Crippen molar-refractivity contribution in [3.8, 4) is 0 Å². The molecule has 0 fully saturated rings. The summed E-state index contributed by atoms with van der Waals surface area (Å²) in [5, 5.41) is 3.45. The number of nitrogens with zero attached hydrogens (tertiary/aromatic N) is 2. The molecular formula is C17H15N3O2. The summed E-state index contributed by atoms with van der Waals surface area (Å²) in [4.78, 5) is 28.6. The Morgan fingerprint density at radius 3 is 2.91 bits per heavy atom. The van der Waals surface area contributed by atoms with E-state index in [1.807, 2.05) is 23.6 Å². The highest BCUT2D eigenvalue weighted by molar-refractivity contribution is 6.12. The summed E-state index contributed by atoms with van der Waals surface area (Å²) >= 11 is 0. The Morgan fingerprint density at radius 1 is 1.23 bits per heavy atom. The Balaban J connectivity index is 1.99. The number of carbonyl (C=O) groups excluding carboxylic acids is 1. The van der Waals surface area contributed by atoms with Gasteiger partial charge in [-0.1, -0.05) is 12.1 Å². The van der Waals surface area contributed by atoms with E-state index >= 15 is 0 Å². The predicted molar refractivity (Wildman–Crippen MR) is 86.1 cm³/mol. The predicted octanol–water partition coefficient (Wildman–Crippen LogP) is 2.67. The van der Waals surface area contributed by atoms with Crippen LogP contribution in [0.2, 0.25) is 0 Å². The van der Waals surface area contributed by atoms with Gasteiger partial charge in [0.25, 0.3) is 5.91 Å². The minimum atomic E-state index is -0.315. The van der Waals surface area contributed by atoms with Gasteiger partial charge in [-0.05, 0) is 25.1 Å². The monoisotopic (exact) mass is 293 g/mol. The van der Waals surface area contributed by atoms with Gasteiger partial charge in [-0.2, -0.15) is 0 Å². The lowest BCUT2D eigenvalue weighted by atomic mass is 10.1. The van der Waals surface area contributed by atoms with Crippen LogP contribution >= 0.6 is 0 Å². The Hall–Kier alpha value is -2.95. The molecule has 0 radical (unpaired) electrons. The molecule has 0 bridgehead atoms. The number of benzene rings is 1. The van der Waals surface area contributed by atoms with Crippen LogP contribution in [0.15, 0.2) is 59.8 Å². The molecule has 5 nitrogen and oxygen atoms in total. The van der Waals surface area contributed by atoms with Gasteiger partial charge in [-0.25, -0.2) is 0 Å². The molecule has 110 valence electrons. The van der Waals surface area contributed by atoms with Crippen LogP contribution < -0.4 is 10.7 Å². The Labute approximate surface area is 127 Å². The van der Waals surface area contributed by atoms with Crippen molar-refractivity contribution in [1.82, 2.24) is 9.55 Å². The third kappa shape index (κ3) is 2.61. The number of nitrogens with one attached hydrogen (secondary N) is 1. The summed E-state index contributed by atoms with van der Waals surface area (Å²) in [6.07, 6.45) is 5.02. The van der Waals surface area contributed by atoms with E-state index in [0.29, 0.717) is 5.56 Å². The molecule has 3 rings (SSSR count). The first-order valence-electron chi connectivity index (χ1n) is 7.04. The number of aromatic nitrogens is 2. The maximum Gasteiger partial charge on any atom is 0.256 e. The molecule has 2 heterocycles. The van der Waals surface area contributed by atoms with E-state index < -0.39 is 0 Å². The van der Waals surface area contributed by atoms with Crippen molar-refractivity contribution in [2.45, 2.75) is 13.5 Å². The molecule has 0 aliphatic heterocycles. The van der Waals surface area contributed by atoms with Gasteiger partial charge in [-0.15, -0.1) is 0 Å². The fourth-order valence-corrected chi connectivity index (χ4v) is 2.31. The van der Waals surface area contributed by atoms with Gasteiger partial charge in [-0.3, -0.25) is 14.6 Å². The quantitative estimate of drug-likeness (QED) is 0.807. The second-order valence-electron chi connectivity index (χ2n) is 4.88. The van der Waals surface area contributed by atoms with Crippen molar-refractivity contribution in [2.75, 3.05) is 5.32 Å². The summed E-state index contributed by atoms with van der Waals surface area (Å²) in [7, 11) is 0. The number of pyridine rings is 2. The molecule has 1 amide bonds. The first-order valence-corrected chi connectivity index (χ1v) is 7.04. The van der Waals surface area contributed by atoms with Gasteiger partial charge in [0.15, 0.2) is 0 Å². The van der Waals surface area contributed by atoms with E-state index in [1.165, 1.54) is 6.07 Å². The number of fused-ring (bicyclic) bond motifs is 1. The molecular weight excluding hydrogens is 278 g/mol. The first kappa shape index (κ1) is 14.0. The molecule has 0 aliphatic carbocycles. The highest BCUT2D eigenvalue weighted by atomic mass is 16.2. The van der Waals surface area contributed by atoms with Crippen LogP contribution in [0.3, 0.4) is 0 Å². The molecule has 0 saturated heterocycles. The largest absolute Gasteiger partial charge is 0.352 e. The molecule has 3 aromatic rings. The molecule has 0 aliphatic rings. The van der Waals surface area contributed by atoms with Crippen molar-refractivity contribution in [1.29, 1.82) is 0 Å². The van der Waals surface area contributed by atoms with Crippen molar-refractivity contribution in [3.63, 3.8) is 0 Å². The molecule has 2 aromatic heterocycles. The Kier molecular flexibility index (Phi) is 3.70. The second-order valence-corrected chi connectivity index (χ2v) is 4.88. The smallest absolute Gasteiger partial charge is 0.256 e. The van der Waals surface area contributed by atoms with Crippen molar-refractivity contribution in [3.05, 3.63) is 70.8 Å². The lowest BCUT2D eigenvalue weighted by Crippen LogP contribution is -2.19. The van der Waals surface area contributed by atoms with Crippen molar-refractivity contribution in [2.24, 2.45) is 0 Å². The van der Waals surface area contributed by atoms with Crippen LogP contribution in [-0.2, 0) is 6.54 Å². The van der Waals surface area contributed by atoms with Gasteiger partial charge in [0.1, 0.15) is 5.69 Å². The number of anilines is 1. The van der Waals surface area contributed by atoms with E-state index in [9.17, 15) is 9.59 Å². The van der Waals surface area contributed by atoms with Gasteiger partial charge < -0.3 is 9.88 Å². The number of rotatable bonds is 3. The average molecular weight is 293 g/mol. The molecule has 5 heteroatoms. The van der Waals surface area contributed by atoms with Gasteiger partial charge >= 0.3 is 0 Å². The maximum atomic E-state index is 12.5. The zero-order valence-electron chi connectivity index (χ0n) is 12.1. The molecule has 22 heavy (non-hydrogen) atoms. The minimum Gasteiger partial charge on any atom is -0.352 e. The third-order valence-electron chi connectivity index (χ3n) is 3.48. The van der Waals surface area contributed by atoms with E-state index in [-0.39, 0.29) is 17.0 Å². The van der Waals surface area contributed by atoms with Crippen LogP contribution in [0.25, 0.3) is 10.9 Å². The molecule has 0 spiro atoms. The number of amides is 1. The van der Waals surface area contributed by atoms with E-state index in [0.717, 1.165) is 17.4 Å². The molecule has 1 aromatic carbocycles. The first-order chi connectivity index (χ1) is 10.7. The highest BCUT2D eigenvalue weighted by Gasteiger charge is 2.12. The number of carbonyl (C=O) groups is 1. The third-order valence-corrected chi connectivity index (χ3v) is 3.48. The zero-order chi connectivity index (χ0) is 15.5. The molecule has 0 atom stereocenters. The van der Waals surface area contributed by atoms with Crippen LogP contribution in [0, 0.1) is 0 Å². The van der Waals surface area contributed by atoms with Crippen LogP contribution in [0.5, 0.6) is 0 Å². The standard InChI is InChI=1S/C17H15N3O2/c1-2-20-10-8-16(21)15(11-20)19-17(22)13-5-3-7-14-12(13)6-4-9-18-14/h3-11H,2H2,1H3,(H,19,22). The average Bonchev–Trinajstić information content (AvgIpc) is 2.56. The summed E-state index contributed by atoms with van der Waals surface area (Å²) in [6.45, 7) is 2.69. The molecule has 0 saturated carbocycles. The summed E-state index contributed by atoms with van der Waals surface area (Å²) in [6, 6.07) is 10.4. The molecule has 0 unspecified atom stereocenters. The summed E-state index contributed by atoms with van der Waals surface area (Å²) in [5.41, 5.74) is 1.30. The molecule has 1 N–H and O–H groups in total. The topological polar surface area (TPSA) is 64.0 Å². The van der Waals surface area contributed by atoms with Gasteiger partial charge in [0, 0.05) is 42.2 Å². The summed E-state index contributed by atoms with van der Waals surface area (Å²) in [5.74, 6) is -0.315. The number of hydrogen-bond donors (Lipinski definition) is 1. The Bertz CT molecular complexity index is 894. The fraction of sp³-hybridized carbons (Fsp3) is 0.118. The second kappa shape index (κ2) is 5.81. The normalized spacial score (nSPS) is 10.6. The lowest BCUT2D eigenvalue weighted by Gasteiger charge is -2.09. The minimum absolute atomic E-state index is 0.212. The maximum absolute atomic E-state index is 12.5. The van der Waals surface area contributed by atoms with E-state index in [4.69, 9.17) is 0 Å². The van der Waals surface area contributed by atoms with Gasteiger partial charge in [0.05, 0.1) is 5.52 Å². The zero-order valence-corrected chi connectivity index (χ0v) is 12.1. The highest BCUT2D eigenvalue weighted by Crippen LogP contribution is 2.17. The fourth-order valence-electron chi connectivity index (χ4n) is 2.31. The number of aryl methyl sites for hydroxylation is 1. The summed E-state index contributed by atoms with van der Waals surface area (Å²) < 4.78 is 1.83. The van der Waals surface area contributed by atoms with Crippen LogP contribution in [-0.4, -0.2) is 15.5 Å². The van der Waals surface area contributed by atoms with E-state index in [2.05, 4.69) is 10.3 Å². The number of hydrogen-bond acceptors (Lipinski definition) is 3. The van der Waals surface area contributed by atoms with Crippen molar-refractivity contribution >= 4 is 22.5 Å². The van der Waals surface area contributed by atoms with Crippen LogP contribution in [0.1, 0.15) is 17.3 Å². The van der Waals surface area contributed by atoms with Crippen molar-refractivity contribution < 1.29 is 4.79 Å². The van der Waals surface area contributed by atoms with E-state index in [1.54, 1.807) is 36.8 Å². The SMILES string of the molecule is CCn1ccc(=O)c(NC(=O)c2cccc3ncccc23)c1. The lowest BCUT2D eigenvalue weighted by molar-refractivity contribution is 0.102.